The molecule has 0 atom stereocenters. The summed E-state index contributed by atoms with van der Waals surface area (Å²) in [6.07, 6.45) is 1.73. The van der Waals surface area contributed by atoms with E-state index in [1.165, 1.54) is 12.1 Å². The number of sulfonamides is 1. The molecule has 0 bridgehead atoms. The lowest BCUT2D eigenvalue weighted by Crippen LogP contribution is -2.46. The van der Waals surface area contributed by atoms with Gasteiger partial charge in [0.05, 0.1) is 10.3 Å². The lowest BCUT2D eigenvalue weighted by Gasteiger charge is -2.34. The van der Waals surface area contributed by atoms with Gasteiger partial charge >= 0.3 is 0 Å². The normalized spacial score (nSPS) is 15.7. The molecular weight excluding hydrogens is 424 g/mol. The van der Waals surface area contributed by atoms with Crippen LogP contribution in [0.25, 0.3) is 11.0 Å². The third-order valence-corrected chi connectivity index (χ3v) is 7.08. The molecule has 3 aromatic rings. The van der Waals surface area contributed by atoms with E-state index in [1.807, 2.05) is 24.3 Å². The third-order valence-electron chi connectivity index (χ3n) is 5.35. The molecular formula is C21H25ClN4O3S. The number of para-hydroxylation sites is 1. The van der Waals surface area contributed by atoms with Gasteiger partial charge in [-0.1, -0.05) is 28.9 Å². The van der Waals surface area contributed by atoms with Crippen molar-refractivity contribution in [1.82, 2.24) is 14.8 Å². The minimum Gasteiger partial charge on any atom is -0.354 e. The Morgan fingerprint density at radius 2 is 1.73 bits per heavy atom. The van der Waals surface area contributed by atoms with E-state index < -0.39 is 10.0 Å². The highest BCUT2D eigenvalue weighted by Crippen LogP contribution is 2.26. The van der Waals surface area contributed by atoms with Crippen molar-refractivity contribution >= 4 is 38.4 Å². The zero-order chi connectivity index (χ0) is 21.0. The van der Waals surface area contributed by atoms with Gasteiger partial charge in [-0.25, -0.2) is 13.1 Å². The summed E-state index contributed by atoms with van der Waals surface area (Å²) >= 11 is 5.81. The van der Waals surface area contributed by atoms with Crippen molar-refractivity contribution in [1.29, 1.82) is 0 Å². The molecule has 0 unspecified atom stereocenters. The number of nitrogens with zero attached hydrogens (tertiary/aromatic N) is 3. The lowest BCUT2D eigenvalue weighted by molar-refractivity contribution is 0.252. The quantitative estimate of drug-likeness (QED) is 0.532. The molecule has 0 aliphatic carbocycles. The number of unbranched alkanes of at least 4 members (excludes halogenated alkanes) is 1. The van der Waals surface area contributed by atoms with Crippen LogP contribution in [0.5, 0.6) is 0 Å². The molecule has 30 heavy (non-hydrogen) atoms. The Hall–Kier alpha value is -2.13. The summed E-state index contributed by atoms with van der Waals surface area (Å²) in [6, 6.07) is 14.1. The monoisotopic (exact) mass is 448 g/mol. The van der Waals surface area contributed by atoms with Crippen molar-refractivity contribution in [3.05, 3.63) is 53.6 Å². The molecule has 2 aromatic carbocycles. The number of aromatic nitrogens is 1. The third kappa shape index (κ3) is 4.95. The molecule has 1 fully saturated rings. The highest BCUT2D eigenvalue weighted by Gasteiger charge is 2.21. The average Bonchev–Trinajstić information content (AvgIpc) is 3.18. The first-order chi connectivity index (χ1) is 14.5. The van der Waals surface area contributed by atoms with Gasteiger partial charge in [-0.05, 0) is 55.8 Å². The Labute approximate surface area is 181 Å². The Morgan fingerprint density at radius 3 is 2.50 bits per heavy atom. The number of anilines is 1. The predicted octanol–water partition coefficient (Wildman–Crippen LogP) is 3.36. The van der Waals surface area contributed by atoms with Crippen LogP contribution in [0.15, 0.2) is 57.9 Å². The maximum absolute atomic E-state index is 12.3. The van der Waals surface area contributed by atoms with Crippen LogP contribution in [0.3, 0.4) is 0 Å². The molecule has 0 radical (unpaired) electrons. The van der Waals surface area contributed by atoms with Crippen LogP contribution in [0.1, 0.15) is 12.8 Å². The molecule has 0 saturated carbocycles. The Bertz CT molecular complexity index is 1080. The van der Waals surface area contributed by atoms with Gasteiger partial charge in [0.2, 0.25) is 10.0 Å². The summed E-state index contributed by atoms with van der Waals surface area (Å²) in [7, 11) is -3.48. The highest BCUT2D eigenvalue weighted by molar-refractivity contribution is 7.89. The van der Waals surface area contributed by atoms with Gasteiger partial charge in [-0.3, -0.25) is 4.90 Å². The molecule has 0 spiro atoms. The molecule has 160 valence electrons. The van der Waals surface area contributed by atoms with Crippen LogP contribution >= 0.6 is 11.6 Å². The van der Waals surface area contributed by atoms with E-state index in [9.17, 15) is 8.42 Å². The minimum absolute atomic E-state index is 0.239. The number of hydrogen-bond donors (Lipinski definition) is 1. The van der Waals surface area contributed by atoms with Crippen LogP contribution < -0.4 is 9.62 Å². The molecule has 9 heteroatoms. The van der Waals surface area contributed by atoms with Gasteiger partial charge in [-0.15, -0.1) is 0 Å². The van der Waals surface area contributed by atoms with E-state index in [2.05, 4.69) is 19.7 Å². The summed E-state index contributed by atoms with van der Waals surface area (Å²) in [4.78, 5) is 4.91. The molecule has 0 amide bonds. The average molecular weight is 449 g/mol. The fraction of sp³-hybridized carbons (Fsp3) is 0.381. The summed E-state index contributed by atoms with van der Waals surface area (Å²) in [5.74, 6) is 0.918. The first-order valence-electron chi connectivity index (χ1n) is 10.1. The number of piperazine rings is 1. The first kappa shape index (κ1) is 21.1. The van der Waals surface area contributed by atoms with Crippen LogP contribution in [-0.2, 0) is 10.0 Å². The van der Waals surface area contributed by atoms with E-state index in [0.29, 0.717) is 11.6 Å². The Kier molecular flexibility index (Phi) is 6.58. The zero-order valence-corrected chi connectivity index (χ0v) is 18.2. The van der Waals surface area contributed by atoms with Gasteiger partial charge < -0.3 is 9.42 Å². The van der Waals surface area contributed by atoms with Gasteiger partial charge in [-0.2, -0.15) is 0 Å². The molecule has 7 nitrogen and oxygen atoms in total. The largest absolute Gasteiger partial charge is 0.354 e. The number of halogens is 1. The maximum atomic E-state index is 12.3. The number of rotatable bonds is 8. The number of fused-ring (bicyclic) bond motifs is 1. The van der Waals surface area contributed by atoms with Crippen molar-refractivity contribution in [3.8, 4) is 0 Å². The molecule has 1 aliphatic heterocycles. The second-order valence-electron chi connectivity index (χ2n) is 7.39. The van der Waals surface area contributed by atoms with Crippen LogP contribution in [0, 0.1) is 0 Å². The fourth-order valence-corrected chi connectivity index (χ4v) is 4.85. The zero-order valence-electron chi connectivity index (χ0n) is 16.6. The summed E-state index contributed by atoms with van der Waals surface area (Å²) < 4.78 is 32.6. The Balaban J connectivity index is 1.18. The van der Waals surface area contributed by atoms with Crippen molar-refractivity contribution < 1.29 is 12.9 Å². The summed E-state index contributed by atoms with van der Waals surface area (Å²) in [5.41, 5.74) is 0.816. The summed E-state index contributed by atoms with van der Waals surface area (Å²) in [6.45, 7) is 5.10. The molecule has 1 aromatic heterocycles. The lowest BCUT2D eigenvalue weighted by atomic mass is 10.2. The second kappa shape index (κ2) is 9.34. The van der Waals surface area contributed by atoms with Crippen molar-refractivity contribution in [2.24, 2.45) is 0 Å². The van der Waals surface area contributed by atoms with E-state index >= 15 is 0 Å². The van der Waals surface area contributed by atoms with Crippen LogP contribution in [0.4, 0.5) is 5.82 Å². The van der Waals surface area contributed by atoms with Gasteiger partial charge in [0.25, 0.3) is 0 Å². The molecule has 1 aliphatic rings. The predicted molar refractivity (Wildman–Crippen MR) is 119 cm³/mol. The van der Waals surface area contributed by atoms with Crippen molar-refractivity contribution in [3.63, 3.8) is 0 Å². The molecule has 1 saturated heterocycles. The fourth-order valence-electron chi connectivity index (χ4n) is 3.65. The molecule has 4 rings (SSSR count). The number of nitrogens with one attached hydrogen (secondary N) is 1. The van der Waals surface area contributed by atoms with Gasteiger partial charge in [0.1, 0.15) is 0 Å². The smallest absolute Gasteiger partial charge is 0.240 e. The topological polar surface area (TPSA) is 78.7 Å². The van der Waals surface area contributed by atoms with Crippen molar-refractivity contribution in [2.75, 3.05) is 44.2 Å². The van der Waals surface area contributed by atoms with E-state index in [0.717, 1.165) is 62.4 Å². The summed E-state index contributed by atoms with van der Waals surface area (Å²) in [5, 5.41) is 5.82. The van der Waals surface area contributed by atoms with Gasteiger partial charge in [0.15, 0.2) is 11.4 Å². The SMILES string of the molecule is O=S(=O)(NCCCCN1CCN(c2noc3ccccc23)CC1)c1ccc(Cl)cc1. The first-order valence-corrected chi connectivity index (χ1v) is 12.0. The standard InChI is InChI=1S/C21H25ClN4O3S/c22-17-7-9-18(10-8-17)30(27,28)23-11-3-4-12-25-13-15-26(16-14-25)21-19-5-1-2-6-20(19)29-24-21/h1-2,5-10,23H,3-4,11-16H2. The molecule has 2 heterocycles. The highest BCUT2D eigenvalue weighted by atomic mass is 35.5. The number of hydrogen-bond acceptors (Lipinski definition) is 6. The van der Waals surface area contributed by atoms with Gasteiger partial charge in [0, 0.05) is 37.7 Å². The van der Waals surface area contributed by atoms with E-state index in [1.54, 1.807) is 12.1 Å². The van der Waals surface area contributed by atoms with E-state index in [-0.39, 0.29) is 4.90 Å². The molecule has 1 N–H and O–H groups in total. The maximum Gasteiger partial charge on any atom is 0.240 e. The Morgan fingerprint density at radius 1 is 1.00 bits per heavy atom. The van der Waals surface area contributed by atoms with Crippen molar-refractivity contribution in [2.45, 2.75) is 17.7 Å². The van der Waals surface area contributed by atoms with E-state index in [4.69, 9.17) is 16.1 Å². The minimum atomic E-state index is -3.48. The number of benzene rings is 2. The van der Waals surface area contributed by atoms with Crippen LogP contribution in [-0.4, -0.2) is 57.7 Å². The van der Waals surface area contributed by atoms with Crippen LogP contribution in [0.2, 0.25) is 5.02 Å². The second-order valence-corrected chi connectivity index (χ2v) is 9.59.